The zero-order valence-electron chi connectivity index (χ0n) is 12.5. The van der Waals surface area contributed by atoms with Gasteiger partial charge in [0.25, 0.3) is 0 Å². The van der Waals surface area contributed by atoms with Crippen molar-refractivity contribution in [1.29, 1.82) is 0 Å². The molecule has 0 heterocycles. The third-order valence-corrected chi connectivity index (χ3v) is 4.37. The number of nitrogens with two attached hydrogens (primary N) is 1. The highest BCUT2D eigenvalue weighted by Crippen LogP contribution is 2.33. The second-order valence-corrected chi connectivity index (χ2v) is 5.89. The number of amides is 1. The van der Waals surface area contributed by atoms with Crippen LogP contribution in [0, 0.1) is 11.8 Å². The number of alkyl halides is 3. The van der Waals surface area contributed by atoms with Gasteiger partial charge in [-0.2, -0.15) is 13.2 Å². The second-order valence-electron chi connectivity index (χ2n) is 5.89. The summed E-state index contributed by atoms with van der Waals surface area (Å²) in [6, 6.07) is 4.60. The summed E-state index contributed by atoms with van der Waals surface area (Å²) in [5, 5.41) is 2.82. The van der Waals surface area contributed by atoms with Crippen molar-refractivity contribution in [2.75, 3.05) is 6.54 Å². The van der Waals surface area contributed by atoms with E-state index in [1.807, 2.05) is 0 Å². The molecule has 1 aliphatic carbocycles. The number of carbonyl (C=O) groups excluding carboxylic acids is 1. The molecular formula is C16H21F3N2O. The molecule has 0 aromatic heterocycles. The average molecular weight is 314 g/mol. The van der Waals surface area contributed by atoms with Crippen molar-refractivity contribution < 1.29 is 18.0 Å². The van der Waals surface area contributed by atoms with E-state index in [4.69, 9.17) is 5.73 Å². The van der Waals surface area contributed by atoms with Crippen molar-refractivity contribution in [3.05, 3.63) is 35.4 Å². The predicted molar refractivity (Wildman–Crippen MR) is 77.9 cm³/mol. The molecule has 1 amide bonds. The third kappa shape index (κ3) is 3.80. The van der Waals surface area contributed by atoms with Gasteiger partial charge in [0, 0.05) is 5.92 Å². The lowest BCUT2D eigenvalue weighted by Crippen LogP contribution is -2.36. The number of nitrogens with one attached hydrogen (secondary N) is 1. The Balaban J connectivity index is 2.06. The topological polar surface area (TPSA) is 55.1 Å². The van der Waals surface area contributed by atoms with E-state index in [1.54, 1.807) is 13.0 Å². The molecule has 0 spiro atoms. The molecule has 0 radical (unpaired) electrons. The van der Waals surface area contributed by atoms with Crippen LogP contribution in [0.4, 0.5) is 13.2 Å². The summed E-state index contributed by atoms with van der Waals surface area (Å²) in [5.74, 6) is -0.0650. The highest BCUT2D eigenvalue weighted by molar-refractivity contribution is 5.79. The summed E-state index contributed by atoms with van der Waals surface area (Å²) in [6.45, 7) is 2.16. The van der Waals surface area contributed by atoms with Gasteiger partial charge in [0.2, 0.25) is 5.91 Å². The molecule has 0 aliphatic heterocycles. The number of carbonyl (C=O) groups is 1. The summed E-state index contributed by atoms with van der Waals surface area (Å²) in [7, 11) is 0. The van der Waals surface area contributed by atoms with Crippen molar-refractivity contribution in [3.63, 3.8) is 0 Å². The minimum absolute atomic E-state index is 0.113. The van der Waals surface area contributed by atoms with Crippen LogP contribution in [0.2, 0.25) is 0 Å². The van der Waals surface area contributed by atoms with Crippen molar-refractivity contribution in [2.24, 2.45) is 17.6 Å². The largest absolute Gasteiger partial charge is 0.416 e. The fraction of sp³-hybridized carbons (Fsp3) is 0.562. The molecule has 1 unspecified atom stereocenters. The van der Waals surface area contributed by atoms with E-state index >= 15 is 0 Å². The maximum atomic E-state index is 12.7. The molecule has 1 aromatic rings. The summed E-state index contributed by atoms with van der Waals surface area (Å²) in [4.78, 5) is 12.3. The van der Waals surface area contributed by atoms with E-state index in [9.17, 15) is 18.0 Å². The minimum Gasteiger partial charge on any atom is -0.349 e. The van der Waals surface area contributed by atoms with E-state index in [0.29, 0.717) is 12.1 Å². The number of halogens is 3. The van der Waals surface area contributed by atoms with E-state index < -0.39 is 17.8 Å². The first-order valence-electron chi connectivity index (χ1n) is 7.50. The van der Waals surface area contributed by atoms with Gasteiger partial charge in [0.1, 0.15) is 0 Å². The Morgan fingerprint density at radius 3 is 2.77 bits per heavy atom. The van der Waals surface area contributed by atoms with Gasteiger partial charge in [-0.25, -0.2) is 0 Å². The van der Waals surface area contributed by atoms with Gasteiger partial charge in [0.15, 0.2) is 0 Å². The van der Waals surface area contributed by atoms with E-state index in [2.05, 4.69) is 5.32 Å². The molecule has 0 saturated heterocycles. The first kappa shape index (κ1) is 16.8. The summed E-state index contributed by atoms with van der Waals surface area (Å²) >= 11 is 0. The molecule has 0 bridgehead atoms. The lowest BCUT2D eigenvalue weighted by atomic mass is 9.94. The normalized spacial score (nSPS) is 23.3. The molecular weight excluding hydrogens is 293 g/mol. The Morgan fingerprint density at radius 1 is 1.41 bits per heavy atom. The first-order valence-corrected chi connectivity index (χ1v) is 7.50. The molecule has 1 saturated carbocycles. The number of rotatable bonds is 4. The summed E-state index contributed by atoms with van der Waals surface area (Å²) in [6.07, 6.45) is -1.68. The Bertz CT molecular complexity index is 530. The van der Waals surface area contributed by atoms with Crippen LogP contribution in [0.1, 0.15) is 43.4 Å². The zero-order chi connectivity index (χ0) is 16.3. The molecule has 1 fully saturated rings. The van der Waals surface area contributed by atoms with Gasteiger partial charge < -0.3 is 11.1 Å². The predicted octanol–water partition coefficient (Wildman–Crippen LogP) is 3.26. The molecule has 1 aliphatic rings. The monoisotopic (exact) mass is 314 g/mol. The van der Waals surface area contributed by atoms with E-state index in [-0.39, 0.29) is 17.7 Å². The minimum atomic E-state index is -4.38. The van der Waals surface area contributed by atoms with Gasteiger partial charge in [-0.05, 0) is 49.9 Å². The van der Waals surface area contributed by atoms with Crippen LogP contribution in [-0.4, -0.2) is 12.5 Å². The van der Waals surface area contributed by atoms with Gasteiger partial charge in [0.05, 0.1) is 11.6 Å². The highest BCUT2D eigenvalue weighted by atomic mass is 19.4. The Hall–Kier alpha value is -1.56. The smallest absolute Gasteiger partial charge is 0.349 e. The van der Waals surface area contributed by atoms with Crippen molar-refractivity contribution in [2.45, 2.75) is 38.4 Å². The average Bonchev–Trinajstić information content (AvgIpc) is 2.95. The fourth-order valence-corrected chi connectivity index (χ4v) is 3.05. The summed E-state index contributed by atoms with van der Waals surface area (Å²) in [5.41, 5.74) is 5.41. The molecule has 22 heavy (non-hydrogen) atoms. The van der Waals surface area contributed by atoms with Crippen molar-refractivity contribution in [1.82, 2.24) is 5.32 Å². The van der Waals surface area contributed by atoms with E-state index in [1.165, 1.54) is 6.07 Å². The zero-order valence-corrected chi connectivity index (χ0v) is 12.5. The van der Waals surface area contributed by atoms with Crippen LogP contribution in [0.3, 0.4) is 0 Å². The lowest BCUT2D eigenvalue weighted by Gasteiger charge is -2.21. The molecule has 122 valence electrons. The van der Waals surface area contributed by atoms with Crippen LogP contribution in [0.5, 0.6) is 0 Å². The van der Waals surface area contributed by atoms with Gasteiger partial charge >= 0.3 is 6.18 Å². The molecule has 3 N–H and O–H groups in total. The Labute approximate surface area is 128 Å². The molecule has 2 rings (SSSR count). The van der Waals surface area contributed by atoms with Gasteiger partial charge in [-0.15, -0.1) is 0 Å². The molecule has 1 aromatic carbocycles. The van der Waals surface area contributed by atoms with Crippen molar-refractivity contribution in [3.8, 4) is 0 Å². The van der Waals surface area contributed by atoms with Crippen LogP contribution in [0.25, 0.3) is 0 Å². The van der Waals surface area contributed by atoms with Crippen LogP contribution < -0.4 is 11.1 Å². The SMILES string of the molecule is CC(NC(=O)[C@@H]1CCC[C@@H]1CN)c1cccc(C(F)(F)F)c1. The number of hydrogen-bond acceptors (Lipinski definition) is 2. The Morgan fingerprint density at radius 2 is 2.14 bits per heavy atom. The molecule has 3 atom stereocenters. The van der Waals surface area contributed by atoms with E-state index in [0.717, 1.165) is 31.4 Å². The maximum absolute atomic E-state index is 12.7. The van der Waals surface area contributed by atoms with Crippen LogP contribution in [0.15, 0.2) is 24.3 Å². The standard InChI is InChI=1S/C16H21F3N2O/c1-10(11-4-2-6-13(8-11)16(17,18)19)21-15(22)14-7-3-5-12(14)9-20/h2,4,6,8,10,12,14H,3,5,7,9,20H2,1H3,(H,21,22)/t10?,12-,14-/m1/s1. The molecule has 6 heteroatoms. The fourth-order valence-electron chi connectivity index (χ4n) is 3.05. The number of benzene rings is 1. The lowest BCUT2D eigenvalue weighted by molar-refractivity contribution is -0.137. The maximum Gasteiger partial charge on any atom is 0.416 e. The van der Waals surface area contributed by atoms with Gasteiger partial charge in [-0.3, -0.25) is 4.79 Å². The van der Waals surface area contributed by atoms with Gasteiger partial charge in [-0.1, -0.05) is 18.6 Å². The summed E-state index contributed by atoms with van der Waals surface area (Å²) < 4.78 is 38.2. The van der Waals surface area contributed by atoms with Crippen LogP contribution >= 0.6 is 0 Å². The first-order chi connectivity index (χ1) is 10.3. The Kier molecular flexibility index (Phi) is 5.11. The van der Waals surface area contributed by atoms with Crippen LogP contribution in [-0.2, 0) is 11.0 Å². The second kappa shape index (κ2) is 6.69. The molecule has 3 nitrogen and oxygen atoms in total. The number of hydrogen-bond donors (Lipinski definition) is 2. The quantitative estimate of drug-likeness (QED) is 0.896. The third-order valence-electron chi connectivity index (χ3n) is 4.37. The van der Waals surface area contributed by atoms with Crippen molar-refractivity contribution >= 4 is 5.91 Å². The highest BCUT2D eigenvalue weighted by Gasteiger charge is 2.33.